The first-order chi connectivity index (χ1) is 16.6. The number of rotatable bonds is 11. The fourth-order valence-corrected chi connectivity index (χ4v) is 5.42. The minimum absolute atomic E-state index is 0.00824. The number of methoxy groups -OCH3 is 2. The van der Waals surface area contributed by atoms with Crippen molar-refractivity contribution in [2.75, 3.05) is 26.2 Å². The molecule has 4 nitrogen and oxygen atoms in total. The molecule has 176 valence electrons. The molecule has 0 atom stereocenters. The van der Waals surface area contributed by atoms with E-state index in [-0.39, 0.29) is 5.78 Å². The normalized spacial score (nSPS) is 10.9. The fourth-order valence-electron chi connectivity index (χ4n) is 3.79. The summed E-state index contributed by atoms with van der Waals surface area (Å²) in [7, 11) is 3.29. The Hall–Kier alpha value is -2.83. The first-order valence-electron chi connectivity index (χ1n) is 11.2. The molecule has 4 rings (SSSR count). The van der Waals surface area contributed by atoms with E-state index in [4.69, 9.17) is 14.2 Å². The van der Waals surface area contributed by atoms with Gasteiger partial charge in [0, 0.05) is 31.4 Å². The van der Waals surface area contributed by atoms with Crippen molar-refractivity contribution in [3.8, 4) is 27.7 Å². The van der Waals surface area contributed by atoms with Crippen LogP contribution in [0, 0.1) is 0 Å². The molecule has 1 aromatic heterocycles. The van der Waals surface area contributed by atoms with Crippen molar-refractivity contribution in [3.05, 3.63) is 77.9 Å². The number of hydrogen-bond acceptors (Lipinski definition) is 5. The number of ether oxygens (including phenoxy) is 3. The topological polar surface area (TPSA) is 44.8 Å². The standard InChI is InChI=1S/C28H27BrO4S/c1-31-21-10-8-20(9-11-21)28-26(24-15-14-23(32-2)18-25(24)34-28)27(30)19-6-12-22(13-7-19)33-17-5-3-4-16-29/h6-15,18H,3-5,16-17H2,1-2H3. The van der Waals surface area contributed by atoms with Gasteiger partial charge in [0.25, 0.3) is 0 Å². The molecule has 0 amide bonds. The van der Waals surface area contributed by atoms with E-state index in [1.165, 1.54) is 0 Å². The van der Waals surface area contributed by atoms with E-state index in [1.54, 1.807) is 25.6 Å². The van der Waals surface area contributed by atoms with Gasteiger partial charge in [-0.1, -0.05) is 15.9 Å². The van der Waals surface area contributed by atoms with Gasteiger partial charge in [-0.05, 0) is 91.6 Å². The van der Waals surface area contributed by atoms with Gasteiger partial charge in [-0.2, -0.15) is 0 Å². The third-order valence-corrected chi connectivity index (χ3v) is 7.40. The van der Waals surface area contributed by atoms with Crippen molar-refractivity contribution in [2.24, 2.45) is 0 Å². The van der Waals surface area contributed by atoms with Crippen LogP contribution >= 0.6 is 27.3 Å². The van der Waals surface area contributed by atoms with Gasteiger partial charge in [-0.3, -0.25) is 4.79 Å². The first kappa shape index (κ1) is 24.3. The van der Waals surface area contributed by atoms with Crippen LogP contribution in [0.2, 0.25) is 0 Å². The van der Waals surface area contributed by atoms with Crippen LogP contribution in [0.5, 0.6) is 17.2 Å². The van der Waals surface area contributed by atoms with E-state index in [1.807, 2.05) is 66.7 Å². The summed E-state index contributed by atoms with van der Waals surface area (Å²) in [5, 5.41) is 1.94. The van der Waals surface area contributed by atoms with Crippen LogP contribution in [-0.2, 0) is 0 Å². The minimum atomic E-state index is -0.00824. The zero-order valence-corrected chi connectivity index (χ0v) is 21.7. The number of thiophene rings is 1. The molecule has 6 heteroatoms. The van der Waals surface area contributed by atoms with Gasteiger partial charge in [0.05, 0.1) is 20.8 Å². The van der Waals surface area contributed by atoms with Crippen LogP contribution in [-0.4, -0.2) is 31.9 Å². The lowest BCUT2D eigenvalue weighted by Gasteiger charge is -2.08. The average Bonchev–Trinajstić information content (AvgIpc) is 3.27. The van der Waals surface area contributed by atoms with Gasteiger partial charge in [-0.15, -0.1) is 11.3 Å². The second-order valence-electron chi connectivity index (χ2n) is 7.85. The quantitative estimate of drug-likeness (QED) is 0.111. The smallest absolute Gasteiger partial charge is 0.195 e. The molecule has 0 fully saturated rings. The predicted molar refractivity (Wildman–Crippen MR) is 143 cm³/mol. The lowest BCUT2D eigenvalue weighted by Crippen LogP contribution is -2.03. The van der Waals surface area contributed by atoms with Crippen molar-refractivity contribution in [2.45, 2.75) is 19.3 Å². The van der Waals surface area contributed by atoms with E-state index in [9.17, 15) is 4.79 Å². The number of halogens is 1. The number of carbonyl (C=O) groups excluding carboxylic acids is 1. The van der Waals surface area contributed by atoms with Gasteiger partial charge in [0.15, 0.2) is 5.78 Å². The average molecular weight is 539 g/mol. The predicted octanol–water partition coefficient (Wildman–Crippen LogP) is 7.76. The maximum Gasteiger partial charge on any atom is 0.195 e. The van der Waals surface area contributed by atoms with E-state index in [0.29, 0.717) is 17.7 Å². The lowest BCUT2D eigenvalue weighted by molar-refractivity contribution is 0.104. The molecule has 0 bridgehead atoms. The third-order valence-electron chi connectivity index (χ3n) is 5.64. The number of unbranched alkanes of at least 4 members (excludes halogenated alkanes) is 2. The highest BCUT2D eigenvalue weighted by Crippen LogP contribution is 2.41. The van der Waals surface area contributed by atoms with Gasteiger partial charge >= 0.3 is 0 Å². The van der Waals surface area contributed by atoms with Crippen molar-refractivity contribution >= 4 is 43.1 Å². The molecule has 0 spiro atoms. The van der Waals surface area contributed by atoms with Crippen LogP contribution < -0.4 is 14.2 Å². The number of hydrogen-bond donors (Lipinski definition) is 0. The van der Waals surface area contributed by atoms with Crippen LogP contribution in [0.4, 0.5) is 0 Å². The number of carbonyl (C=O) groups is 1. The summed E-state index contributed by atoms with van der Waals surface area (Å²) < 4.78 is 17.6. The molecular weight excluding hydrogens is 512 g/mol. The van der Waals surface area contributed by atoms with Crippen molar-refractivity contribution in [1.82, 2.24) is 0 Å². The van der Waals surface area contributed by atoms with Crippen LogP contribution in [0.1, 0.15) is 35.2 Å². The Morgan fingerprint density at radius 2 is 1.50 bits per heavy atom. The fraction of sp³-hybridized carbons (Fsp3) is 0.250. The largest absolute Gasteiger partial charge is 0.497 e. The van der Waals surface area contributed by atoms with Crippen molar-refractivity contribution < 1.29 is 19.0 Å². The molecule has 0 saturated heterocycles. The highest BCUT2D eigenvalue weighted by molar-refractivity contribution is 9.09. The Balaban J connectivity index is 1.65. The molecule has 3 aromatic carbocycles. The van der Waals surface area contributed by atoms with Gasteiger partial charge in [0.2, 0.25) is 0 Å². The number of ketones is 1. The van der Waals surface area contributed by atoms with Crippen LogP contribution in [0.15, 0.2) is 66.7 Å². The maximum atomic E-state index is 13.7. The lowest BCUT2D eigenvalue weighted by atomic mass is 9.97. The minimum Gasteiger partial charge on any atom is -0.497 e. The zero-order valence-electron chi connectivity index (χ0n) is 19.3. The molecule has 0 unspecified atom stereocenters. The number of alkyl halides is 1. The van der Waals surface area contributed by atoms with E-state index >= 15 is 0 Å². The van der Waals surface area contributed by atoms with Gasteiger partial charge < -0.3 is 14.2 Å². The molecule has 1 heterocycles. The molecule has 0 saturated carbocycles. The van der Waals surface area contributed by atoms with Crippen LogP contribution in [0.25, 0.3) is 20.5 Å². The summed E-state index contributed by atoms with van der Waals surface area (Å²) in [5.74, 6) is 2.32. The Morgan fingerprint density at radius 3 is 2.18 bits per heavy atom. The summed E-state index contributed by atoms with van der Waals surface area (Å²) in [6.07, 6.45) is 3.29. The first-order valence-corrected chi connectivity index (χ1v) is 13.2. The molecule has 0 radical (unpaired) electrons. The molecule has 0 aliphatic heterocycles. The number of fused-ring (bicyclic) bond motifs is 1. The molecule has 0 aliphatic rings. The Kier molecular flexibility index (Phi) is 8.25. The highest BCUT2D eigenvalue weighted by Gasteiger charge is 2.22. The highest BCUT2D eigenvalue weighted by atomic mass is 79.9. The summed E-state index contributed by atoms with van der Waals surface area (Å²) in [6.45, 7) is 0.679. The molecule has 0 aliphatic carbocycles. The van der Waals surface area contributed by atoms with E-state index in [2.05, 4.69) is 15.9 Å². The SMILES string of the molecule is COc1ccc(-c2sc3cc(OC)ccc3c2C(=O)c2ccc(OCCCCCBr)cc2)cc1. The number of benzene rings is 3. The molecular formula is C28H27BrO4S. The zero-order chi connectivity index (χ0) is 23.9. The Bertz CT molecular complexity index is 1250. The monoisotopic (exact) mass is 538 g/mol. The molecule has 0 N–H and O–H groups in total. The third kappa shape index (κ3) is 5.45. The molecule has 34 heavy (non-hydrogen) atoms. The van der Waals surface area contributed by atoms with Crippen LogP contribution in [0.3, 0.4) is 0 Å². The van der Waals surface area contributed by atoms with Crippen molar-refractivity contribution in [1.29, 1.82) is 0 Å². The Morgan fingerprint density at radius 1 is 0.824 bits per heavy atom. The van der Waals surface area contributed by atoms with E-state index in [0.717, 1.165) is 62.4 Å². The summed E-state index contributed by atoms with van der Waals surface area (Å²) in [4.78, 5) is 14.7. The van der Waals surface area contributed by atoms with Gasteiger partial charge in [-0.25, -0.2) is 0 Å². The molecule has 4 aromatic rings. The summed E-state index contributed by atoms with van der Waals surface area (Å²) >= 11 is 5.04. The Labute approximate surface area is 212 Å². The maximum absolute atomic E-state index is 13.7. The summed E-state index contributed by atoms with van der Waals surface area (Å²) in [6, 6.07) is 21.1. The van der Waals surface area contributed by atoms with Gasteiger partial charge in [0.1, 0.15) is 17.2 Å². The van der Waals surface area contributed by atoms with E-state index < -0.39 is 0 Å². The second kappa shape index (κ2) is 11.5. The summed E-state index contributed by atoms with van der Waals surface area (Å²) in [5.41, 5.74) is 2.32. The van der Waals surface area contributed by atoms with Crippen molar-refractivity contribution in [3.63, 3.8) is 0 Å². The second-order valence-corrected chi connectivity index (χ2v) is 9.69.